The van der Waals surface area contributed by atoms with Crippen LogP contribution >= 0.6 is 11.6 Å². The third-order valence-electron chi connectivity index (χ3n) is 4.10. The lowest BCUT2D eigenvalue weighted by atomic mass is 9.99. The second-order valence-corrected chi connectivity index (χ2v) is 6.23. The van der Waals surface area contributed by atoms with Crippen molar-refractivity contribution in [2.24, 2.45) is 5.92 Å². The highest BCUT2D eigenvalue weighted by molar-refractivity contribution is 6.32. The number of ether oxygens (including phenoxy) is 1. The van der Waals surface area contributed by atoms with Crippen LogP contribution < -0.4 is 9.64 Å². The molecule has 3 rings (SSSR count). The molecule has 2 heterocycles. The molecule has 1 atom stereocenters. The molecule has 0 bridgehead atoms. The minimum atomic E-state index is -0.437. The Morgan fingerprint density at radius 1 is 1.33 bits per heavy atom. The van der Waals surface area contributed by atoms with E-state index in [1.807, 2.05) is 24.3 Å². The number of piperidine rings is 1. The predicted octanol–water partition coefficient (Wildman–Crippen LogP) is 3.94. The van der Waals surface area contributed by atoms with Gasteiger partial charge in [-0.3, -0.25) is 10.1 Å². The second kappa shape index (κ2) is 7.49. The van der Waals surface area contributed by atoms with E-state index >= 15 is 0 Å². The van der Waals surface area contributed by atoms with Crippen LogP contribution in [-0.2, 0) is 0 Å². The van der Waals surface area contributed by atoms with E-state index in [9.17, 15) is 10.1 Å². The fraction of sp³-hybridized carbons (Fsp3) is 0.353. The van der Waals surface area contributed by atoms with E-state index < -0.39 is 4.92 Å². The van der Waals surface area contributed by atoms with Gasteiger partial charge < -0.3 is 9.64 Å². The quantitative estimate of drug-likeness (QED) is 0.605. The maximum atomic E-state index is 10.7. The van der Waals surface area contributed by atoms with Crippen LogP contribution in [0.1, 0.15) is 12.8 Å². The van der Waals surface area contributed by atoms with E-state index in [0.717, 1.165) is 31.7 Å². The van der Waals surface area contributed by atoms with E-state index in [1.165, 1.54) is 12.3 Å². The standard InChI is InChI=1S/C17H18ClN3O3/c18-15-5-1-2-6-16(15)24-12-13-4-3-9-20(11-13)17-8-7-14(10-19-17)21(22)23/h1-2,5-8,10,13H,3-4,9,11-12H2. The summed E-state index contributed by atoms with van der Waals surface area (Å²) in [6.45, 7) is 2.30. The van der Waals surface area contributed by atoms with Gasteiger partial charge in [0.05, 0.1) is 16.6 Å². The largest absolute Gasteiger partial charge is 0.492 e. The van der Waals surface area contributed by atoms with Crippen molar-refractivity contribution in [3.8, 4) is 5.75 Å². The molecule has 1 saturated heterocycles. The first-order valence-electron chi connectivity index (χ1n) is 7.86. The van der Waals surface area contributed by atoms with Gasteiger partial charge in [-0.25, -0.2) is 4.98 Å². The summed E-state index contributed by atoms with van der Waals surface area (Å²) in [4.78, 5) is 16.6. The number of rotatable bonds is 5. The Morgan fingerprint density at radius 2 is 2.17 bits per heavy atom. The lowest BCUT2D eigenvalue weighted by molar-refractivity contribution is -0.385. The Kier molecular flexibility index (Phi) is 5.15. The van der Waals surface area contributed by atoms with Gasteiger partial charge in [-0.05, 0) is 31.0 Å². The van der Waals surface area contributed by atoms with Crippen molar-refractivity contribution in [3.05, 3.63) is 57.7 Å². The van der Waals surface area contributed by atoms with E-state index in [4.69, 9.17) is 16.3 Å². The molecule has 7 heteroatoms. The second-order valence-electron chi connectivity index (χ2n) is 5.83. The molecule has 126 valence electrons. The Labute approximate surface area is 145 Å². The molecule has 1 aromatic heterocycles. The molecule has 0 N–H and O–H groups in total. The number of nitrogens with zero attached hydrogens (tertiary/aromatic N) is 3. The molecule has 0 saturated carbocycles. The van der Waals surface area contributed by atoms with Crippen molar-refractivity contribution in [1.29, 1.82) is 0 Å². The van der Waals surface area contributed by atoms with Gasteiger partial charge in [-0.2, -0.15) is 0 Å². The highest BCUT2D eigenvalue weighted by atomic mass is 35.5. The molecule has 1 aliphatic rings. The van der Waals surface area contributed by atoms with Gasteiger partial charge in [0.25, 0.3) is 5.69 Å². The zero-order valence-electron chi connectivity index (χ0n) is 13.1. The fourth-order valence-electron chi connectivity index (χ4n) is 2.85. The number of para-hydroxylation sites is 1. The van der Waals surface area contributed by atoms with Crippen LogP contribution in [0.15, 0.2) is 42.6 Å². The predicted molar refractivity (Wildman–Crippen MR) is 92.8 cm³/mol. The van der Waals surface area contributed by atoms with Crippen LogP contribution in [0.4, 0.5) is 11.5 Å². The van der Waals surface area contributed by atoms with Crippen molar-refractivity contribution in [2.75, 3.05) is 24.6 Å². The molecule has 1 aliphatic heterocycles. The first-order chi connectivity index (χ1) is 11.6. The van der Waals surface area contributed by atoms with Gasteiger partial charge in [0.2, 0.25) is 0 Å². The van der Waals surface area contributed by atoms with Crippen LogP contribution in [-0.4, -0.2) is 29.6 Å². The van der Waals surface area contributed by atoms with Crippen LogP contribution in [0, 0.1) is 16.0 Å². The summed E-state index contributed by atoms with van der Waals surface area (Å²) in [5.74, 6) is 1.83. The zero-order valence-corrected chi connectivity index (χ0v) is 13.9. The average molecular weight is 348 g/mol. The molecule has 0 aliphatic carbocycles. The molecule has 2 aromatic rings. The van der Waals surface area contributed by atoms with Crippen molar-refractivity contribution in [1.82, 2.24) is 4.98 Å². The van der Waals surface area contributed by atoms with Crippen molar-refractivity contribution in [2.45, 2.75) is 12.8 Å². The Hall–Kier alpha value is -2.34. The Morgan fingerprint density at radius 3 is 2.88 bits per heavy atom. The third-order valence-corrected chi connectivity index (χ3v) is 4.41. The summed E-state index contributed by atoms with van der Waals surface area (Å²) in [7, 11) is 0. The molecule has 1 aromatic carbocycles. The van der Waals surface area contributed by atoms with Gasteiger partial charge in [0.1, 0.15) is 17.8 Å². The SMILES string of the molecule is O=[N+]([O-])c1ccc(N2CCCC(COc3ccccc3Cl)C2)nc1. The van der Waals surface area contributed by atoms with E-state index in [2.05, 4.69) is 9.88 Å². The first kappa shape index (κ1) is 16.5. The lowest BCUT2D eigenvalue weighted by Crippen LogP contribution is -2.38. The number of hydrogen-bond donors (Lipinski definition) is 0. The van der Waals surface area contributed by atoms with Crippen LogP contribution in [0.5, 0.6) is 5.75 Å². The number of benzene rings is 1. The molecule has 0 spiro atoms. The third kappa shape index (κ3) is 3.94. The number of aromatic nitrogens is 1. The average Bonchev–Trinajstić information content (AvgIpc) is 2.61. The van der Waals surface area contributed by atoms with E-state index in [1.54, 1.807) is 6.07 Å². The highest BCUT2D eigenvalue weighted by Crippen LogP contribution is 2.26. The van der Waals surface area contributed by atoms with Crippen molar-refractivity contribution < 1.29 is 9.66 Å². The van der Waals surface area contributed by atoms with Crippen LogP contribution in [0.3, 0.4) is 0 Å². The summed E-state index contributed by atoms with van der Waals surface area (Å²) >= 11 is 6.11. The molecule has 0 radical (unpaired) electrons. The van der Waals surface area contributed by atoms with Gasteiger partial charge in [-0.15, -0.1) is 0 Å². The maximum absolute atomic E-state index is 10.7. The van der Waals surface area contributed by atoms with E-state index in [0.29, 0.717) is 23.3 Å². The van der Waals surface area contributed by atoms with Crippen LogP contribution in [0.25, 0.3) is 0 Å². The molecule has 1 fully saturated rings. The van der Waals surface area contributed by atoms with Crippen molar-refractivity contribution in [3.63, 3.8) is 0 Å². The van der Waals surface area contributed by atoms with Crippen LogP contribution in [0.2, 0.25) is 5.02 Å². The summed E-state index contributed by atoms with van der Waals surface area (Å²) in [5, 5.41) is 11.3. The van der Waals surface area contributed by atoms with E-state index in [-0.39, 0.29) is 5.69 Å². The minimum absolute atomic E-state index is 0.00867. The minimum Gasteiger partial charge on any atom is -0.492 e. The molecule has 24 heavy (non-hydrogen) atoms. The number of pyridine rings is 1. The number of nitro groups is 1. The highest BCUT2D eigenvalue weighted by Gasteiger charge is 2.22. The monoisotopic (exact) mass is 347 g/mol. The topological polar surface area (TPSA) is 68.5 Å². The molecule has 1 unspecified atom stereocenters. The first-order valence-corrected chi connectivity index (χ1v) is 8.24. The van der Waals surface area contributed by atoms with Gasteiger partial charge >= 0.3 is 0 Å². The number of anilines is 1. The number of hydrogen-bond acceptors (Lipinski definition) is 5. The molecule has 6 nitrogen and oxygen atoms in total. The molecular weight excluding hydrogens is 330 g/mol. The molecular formula is C17H18ClN3O3. The smallest absolute Gasteiger partial charge is 0.287 e. The summed E-state index contributed by atoms with van der Waals surface area (Å²) in [6, 6.07) is 10.6. The normalized spacial score (nSPS) is 17.5. The van der Waals surface area contributed by atoms with Gasteiger partial charge in [0, 0.05) is 25.1 Å². The lowest BCUT2D eigenvalue weighted by Gasteiger charge is -2.33. The maximum Gasteiger partial charge on any atom is 0.287 e. The summed E-state index contributed by atoms with van der Waals surface area (Å²) in [5.41, 5.74) is 0.00867. The van der Waals surface area contributed by atoms with Crippen molar-refractivity contribution >= 4 is 23.1 Å². The Balaban J connectivity index is 1.60. The summed E-state index contributed by atoms with van der Waals surface area (Å²) in [6.07, 6.45) is 3.42. The summed E-state index contributed by atoms with van der Waals surface area (Å²) < 4.78 is 5.84. The zero-order chi connectivity index (χ0) is 16.9. The number of halogens is 1. The van der Waals surface area contributed by atoms with Gasteiger partial charge in [0.15, 0.2) is 0 Å². The Bertz CT molecular complexity index is 708. The van der Waals surface area contributed by atoms with Gasteiger partial charge in [-0.1, -0.05) is 23.7 Å². The fourth-order valence-corrected chi connectivity index (χ4v) is 3.04. The molecule has 0 amide bonds.